The van der Waals surface area contributed by atoms with Crippen LogP contribution in [0.25, 0.3) is 0 Å². The molecule has 1 aromatic rings. The van der Waals surface area contributed by atoms with E-state index in [-0.39, 0.29) is 6.61 Å². The van der Waals surface area contributed by atoms with Crippen molar-refractivity contribution in [2.24, 2.45) is 0 Å². The number of rotatable bonds is 6. The van der Waals surface area contributed by atoms with Crippen molar-refractivity contribution in [2.45, 2.75) is 29.2 Å². The van der Waals surface area contributed by atoms with Crippen molar-refractivity contribution in [3.8, 4) is 0 Å². The molecule has 0 spiro atoms. The molecular formula is C11H15ClFNO5S2. The van der Waals surface area contributed by atoms with Crippen molar-refractivity contribution >= 4 is 29.8 Å². The first-order valence-electron chi connectivity index (χ1n) is 5.66. The molecule has 0 radical (unpaired) electrons. The average Bonchev–Trinajstić information content (AvgIpc) is 2.25. The Kier molecular flexibility index (Phi) is 5.38. The van der Waals surface area contributed by atoms with E-state index >= 15 is 0 Å². The Labute approximate surface area is 127 Å². The van der Waals surface area contributed by atoms with Crippen LogP contribution < -0.4 is 4.72 Å². The number of halogens is 2. The summed E-state index contributed by atoms with van der Waals surface area (Å²) < 4.78 is 67.4. The highest BCUT2D eigenvalue weighted by molar-refractivity contribution is 8.13. The highest BCUT2D eigenvalue weighted by atomic mass is 35.7. The summed E-state index contributed by atoms with van der Waals surface area (Å²) in [5.74, 6) is -1.21. The first-order chi connectivity index (χ1) is 9.39. The fourth-order valence-electron chi connectivity index (χ4n) is 1.66. The molecule has 1 aromatic carbocycles. The summed E-state index contributed by atoms with van der Waals surface area (Å²) >= 11 is 0. The van der Waals surface area contributed by atoms with Crippen LogP contribution in [0.5, 0.6) is 0 Å². The number of hydrogen-bond acceptors (Lipinski definition) is 5. The molecule has 0 amide bonds. The first kappa shape index (κ1) is 18.3. The van der Waals surface area contributed by atoms with Gasteiger partial charge in [0.25, 0.3) is 9.05 Å². The van der Waals surface area contributed by atoms with E-state index in [1.165, 1.54) is 7.11 Å². The topological polar surface area (TPSA) is 89.5 Å². The van der Waals surface area contributed by atoms with E-state index < -0.39 is 40.2 Å². The lowest BCUT2D eigenvalue weighted by molar-refractivity contribution is 0.141. The second-order valence-electron chi connectivity index (χ2n) is 4.95. The SMILES string of the molecule is COCC(C)(C)NS(=O)(=O)c1ccc(S(=O)(=O)Cl)cc1F. The van der Waals surface area contributed by atoms with Gasteiger partial charge in [0.15, 0.2) is 0 Å². The van der Waals surface area contributed by atoms with Gasteiger partial charge >= 0.3 is 0 Å². The zero-order valence-corrected chi connectivity index (χ0v) is 13.9. The first-order valence-corrected chi connectivity index (χ1v) is 9.45. The minimum absolute atomic E-state index is 0.0714. The molecule has 0 unspecified atom stereocenters. The maximum Gasteiger partial charge on any atom is 0.261 e. The van der Waals surface area contributed by atoms with E-state index in [4.69, 9.17) is 15.4 Å². The van der Waals surface area contributed by atoms with Crippen LogP contribution in [0.15, 0.2) is 28.0 Å². The molecule has 6 nitrogen and oxygen atoms in total. The molecule has 21 heavy (non-hydrogen) atoms. The smallest absolute Gasteiger partial charge is 0.261 e. The number of sulfonamides is 1. The van der Waals surface area contributed by atoms with Gasteiger partial charge in [-0.15, -0.1) is 0 Å². The molecule has 0 aliphatic carbocycles. The van der Waals surface area contributed by atoms with Crippen molar-refractivity contribution in [2.75, 3.05) is 13.7 Å². The van der Waals surface area contributed by atoms with Crippen molar-refractivity contribution in [3.63, 3.8) is 0 Å². The van der Waals surface area contributed by atoms with Crippen LogP contribution in [0.1, 0.15) is 13.8 Å². The van der Waals surface area contributed by atoms with Crippen molar-refractivity contribution in [1.29, 1.82) is 0 Å². The number of hydrogen-bond donors (Lipinski definition) is 1. The minimum Gasteiger partial charge on any atom is -0.383 e. The minimum atomic E-state index is -4.18. The molecule has 0 saturated heterocycles. The van der Waals surface area contributed by atoms with Gasteiger partial charge in [0, 0.05) is 17.8 Å². The number of methoxy groups -OCH3 is 1. The quantitative estimate of drug-likeness (QED) is 0.776. The Bertz CT molecular complexity index is 731. The predicted molar refractivity (Wildman–Crippen MR) is 75.7 cm³/mol. The van der Waals surface area contributed by atoms with Gasteiger partial charge in [0.05, 0.1) is 17.0 Å². The third kappa shape index (κ3) is 4.89. The van der Waals surface area contributed by atoms with Crippen LogP contribution in [0.3, 0.4) is 0 Å². The molecule has 0 aromatic heterocycles. The Hall–Kier alpha value is -0.740. The van der Waals surface area contributed by atoms with Crippen LogP contribution in [-0.4, -0.2) is 36.1 Å². The third-order valence-corrected chi connectivity index (χ3v) is 5.47. The summed E-state index contributed by atoms with van der Waals surface area (Å²) in [7, 11) is -1.84. The van der Waals surface area contributed by atoms with Crippen LogP contribution in [0, 0.1) is 5.82 Å². The standard InChI is InChI=1S/C11H15ClFNO5S2/c1-11(2,7-19-3)14-21(17,18)10-5-4-8(6-9(10)13)20(12,15)16/h4-6,14H,7H2,1-3H3. The molecule has 0 bridgehead atoms. The highest BCUT2D eigenvalue weighted by Crippen LogP contribution is 2.22. The van der Waals surface area contributed by atoms with E-state index in [1.807, 2.05) is 0 Å². The summed E-state index contributed by atoms with van der Waals surface area (Å²) in [4.78, 5) is -1.19. The lowest BCUT2D eigenvalue weighted by atomic mass is 10.1. The second kappa shape index (κ2) is 6.17. The molecule has 1 rings (SSSR count). The maximum atomic E-state index is 13.9. The van der Waals surface area contributed by atoms with Gasteiger partial charge in [0.2, 0.25) is 10.0 Å². The summed E-state index contributed by atoms with van der Waals surface area (Å²) in [6, 6.07) is 2.32. The van der Waals surface area contributed by atoms with Crippen LogP contribution in [0.2, 0.25) is 0 Å². The zero-order valence-electron chi connectivity index (χ0n) is 11.6. The van der Waals surface area contributed by atoms with E-state index in [0.29, 0.717) is 6.07 Å². The van der Waals surface area contributed by atoms with Crippen LogP contribution in [-0.2, 0) is 23.8 Å². The molecule has 0 atom stereocenters. The summed E-state index contributed by atoms with van der Waals surface area (Å²) in [5, 5.41) is 0. The highest BCUT2D eigenvalue weighted by Gasteiger charge is 2.29. The van der Waals surface area contributed by atoms with Crippen LogP contribution >= 0.6 is 10.7 Å². The van der Waals surface area contributed by atoms with Gasteiger partial charge in [-0.05, 0) is 32.0 Å². The molecule has 0 aliphatic rings. The van der Waals surface area contributed by atoms with Gasteiger partial charge in [-0.25, -0.2) is 25.9 Å². The molecule has 1 N–H and O–H groups in total. The molecule has 120 valence electrons. The summed E-state index contributed by atoms with van der Waals surface area (Å²) in [5.41, 5.74) is -0.961. The van der Waals surface area contributed by atoms with Gasteiger partial charge in [0.1, 0.15) is 10.7 Å². The van der Waals surface area contributed by atoms with E-state index in [0.717, 1.165) is 12.1 Å². The van der Waals surface area contributed by atoms with Gasteiger partial charge in [-0.1, -0.05) is 0 Å². The molecule has 10 heteroatoms. The fourth-order valence-corrected chi connectivity index (χ4v) is 3.88. The summed E-state index contributed by atoms with van der Waals surface area (Å²) in [6.07, 6.45) is 0. The lowest BCUT2D eigenvalue weighted by Gasteiger charge is -2.25. The largest absolute Gasteiger partial charge is 0.383 e. The van der Waals surface area contributed by atoms with E-state index in [1.54, 1.807) is 13.8 Å². The monoisotopic (exact) mass is 359 g/mol. The van der Waals surface area contributed by atoms with Crippen molar-refractivity contribution in [3.05, 3.63) is 24.0 Å². The Morgan fingerprint density at radius 3 is 2.29 bits per heavy atom. The molecule has 0 heterocycles. The Balaban J connectivity index is 3.22. The maximum absolute atomic E-state index is 13.9. The predicted octanol–water partition coefficient (Wildman–Crippen LogP) is 1.46. The van der Waals surface area contributed by atoms with Crippen molar-refractivity contribution < 1.29 is 26.0 Å². The second-order valence-corrected chi connectivity index (χ2v) is 9.17. The van der Waals surface area contributed by atoms with Gasteiger partial charge in [-0.3, -0.25) is 0 Å². The Morgan fingerprint density at radius 2 is 1.86 bits per heavy atom. The molecule has 0 saturated carbocycles. The fraction of sp³-hybridized carbons (Fsp3) is 0.455. The third-order valence-electron chi connectivity index (χ3n) is 2.39. The number of ether oxygens (including phenoxy) is 1. The molecule has 0 fully saturated rings. The van der Waals surface area contributed by atoms with Gasteiger partial charge in [-0.2, -0.15) is 0 Å². The van der Waals surface area contributed by atoms with Crippen molar-refractivity contribution in [1.82, 2.24) is 4.72 Å². The molecular weight excluding hydrogens is 345 g/mol. The average molecular weight is 360 g/mol. The molecule has 0 aliphatic heterocycles. The number of nitrogens with one attached hydrogen (secondary N) is 1. The Morgan fingerprint density at radius 1 is 1.29 bits per heavy atom. The summed E-state index contributed by atoms with van der Waals surface area (Å²) in [6.45, 7) is 3.19. The zero-order chi connectivity index (χ0) is 16.5. The van der Waals surface area contributed by atoms with Crippen LogP contribution in [0.4, 0.5) is 4.39 Å². The van der Waals surface area contributed by atoms with Gasteiger partial charge < -0.3 is 4.74 Å². The van der Waals surface area contributed by atoms with E-state index in [9.17, 15) is 21.2 Å². The van der Waals surface area contributed by atoms with E-state index in [2.05, 4.69) is 4.72 Å². The number of benzene rings is 1. The normalized spacial score (nSPS) is 13.4. The lowest BCUT2D eigenvalue weighted by Crippen LogP contribution is -2.46.